The number of rotatable bonds is 5. The van der Waals surface area contributed by atoms with Crippen molar-refractivity contribution < 1.29 is 14.7 Å². The van der Waals surface area contributed by atoms with E-state index >= 15 is 0 Å². The highest BCUT2D eigenvalue weighted by molar-refractivity contribution is 7.07. The molecule has 2 aliphatic rings. The Balaban J connectivity index is 1.59. The lowest BCUT2D eigenvalue weighted by Gasteiger charge is -2.23. The molecule has 6 heteroatoms. The van der Waals surface area contributed by atoms with Gasteiger partial charge in [0.15, 0.2) is 0 Å². The Morgan fingerprint density at radius 2 is 2.10 bits per heavy atom. The van der Waals surface area contributed by atoms with E-state index in [-0.39, 0.29) is 17.7 Å². The molecule has 1 fully saturated rings. The van der Waals surface area contributed by atoms with Gasteiger partial charge in [-0.3, -0.25) is 9.59 Å². The maximum absolute atomic E-state index is 12.3. The summed E-state index contributed by atoms with van der Waals surface area (Å²) in [5, 5.41) is 14.1. The number of nitrogens with zero attached hydrogens (tertiary/aromatic N) is 1. The number of allylic oxidation sites excluding steroid dienone is 2. The fourth-order valence-electron chi connectivity index (χ4n) is 3.31. The van der Waals surface area contributed by atoms with E-state index in [1.807, 2.05) is 17.5 Å². The van der Waals surface area contributed by atoms with Crippen LogP contribution in [0.1, 0.15) is 12.1 Å². The smallest absolute Gasteiger partial charge is 0.307 e. The van der Waals surface area contributed by atoms with Crippen LogP contribution in [0.5, 0.6) is 0 Å². The van der Waals surface area contributed by atoms with E-state index < -0.39 is 17.8 Å². The minimum Gasteiger partial charge on any atom is -0.481 e. The molecule has 5 nitrogen and oxygen atoms in total. The summed E-state index contributed by atoms with van der Waals surface area (Å²) in [4.78, 5) is 27.8. The lowest BCUT2D eigenvalue weighted by atomic mass is 9.82. The molecule has 0 aliphatic heterocycles. The number of carboxylic acid groups (broad SMARTS) is 1. The van der Waals surface area contributed by atoms with Crippen molar-refractivity contribution in [1.29, 1.82) is 0 Å². The van der Waals surface area contributed by atoms with Gasteiger partial charge < -0.3 is 10.4 Å². The molecule has 3 rings (SSSR count). The highest BCUT2D eigenvalue weighted by Crippen LogP contribution is 2.48. The summed E-state index contributed by atoms with van der Waals surface area (Å²) in [7, 11) is 0. The number of nitrogens with one attached hydrogen (secondary N) is 1. The number of thiazole rings is 1. The quantitative estimate of drug-likeness (QED) is 0.802. The lowest BCUT2D eigenvalue weighted by Crippen LogP contribution is -2.40. The van der Waals surface area contributed by atoms with Crippen LogP contribution in [0.25, 0.3) is 0 Å². The third kappa shape index (κ3) is 2.35. The molecule has 1 heterocycles. The van der Waals surface area contributed by atoms with E-state index in [1.54, 1.807) is 5.51 Å². The highest BCUT2D eigenvalue weighted by Gasteiger charge is 2.51. The number of carboxylic acids is 1. The Kier molecular flexibility index (Phi) is 3.56. The number of hydrogen-bond acceptors (Lipinski definition) is 4. The SMILES string of the molecule is O=C(O)C1C2C=CC(C2)C1C(=O)NCCc1cscn1. The van der Waals surface area contributed by atoms with Crippen LogP contribution in [-0.2, 0) is 16.0 Å². The summed E-state index contributed by atoms with van der Waals surface area (Å²) >= 11 is 1.53. The minimum atomic E-state index is -0.860. The maximum Gasteiger partial charge on any atom is 0.307 e. The predicted octanol–water partition coefficient (Wildman–Crippen LogP) is 1.32. The van der Waals surface area contributed by atoms with Gasteiger partial charge in [-0.25, -0.2) is 4.98 Å². The first-order valence-electron chi connectivity index (χ1n) is 6.72. The Morgan fingerprint density at radius 3 is 2.75 bits per heavy atom. The molecule has 106 valence electrons. The van der Waals surface area contributed by atoms with Gasteiger partial charge in [0, 0.05) is 18.3 Å². The van der Waals surface area contributed by atoms with E-state index in [1.165, 1.54) is 11.3 Å². The molecule has 1 amide bonds. The average molecular weight is 292 g/mol. The summed E-state index contributed by atoms with van der Waals surface area (Å²) in [6, 6.07) is 0. The molecule has 2 N–H and O–H groups in total. The number of aromatic nitrogens is 1. The second kappa shape index (κ2) is 5.36. The van der Waals surface area contributed by atoms with E-state index in [0.717, 1.165) is 12.1 Å². The zero-order valence-corrected chi connectivity index (χ0v) is 11.7. The normalized spacial score (nSPS) is 30.6. The first-order chi connectivity index (χ1) is 9.66. The van der Waals surface area contributed by atoms with Gasteiger partial charge in [-0.1, -0.05) is 12.2 Å². The first kappa shape index (κ1) is 13.3. The van der Waals surface area contributed by atoms with E-state index in [4.69, 9.17) is 0 Å². The van der Waals surface area contributed by atoms with Gasteiger partial charge in [-0.15, -0.1) is 11.3 Å². The number of hydrogen-bond donors (Lipinski definition) is 2. The zero-order valence-electron chi connectivity index (χ0n) is 10.9. The van der Waals surface area contributed by atoms with Crippen molar-refractivity contribution >= 4 is 23.2 Å². The minimum absolute atomic E-state index is 0.0202. The van der Waals surface area contributed by atoms with Crippen LogP contribution in [0.3, 0.4) is 0 Å². The molecule has 4 atom stereocenters. The van der Waals surface area contributed by atoms with Crippen LogP contribution >= 0.6 is 11.3 Å². The third-order valence-corrected chi connectivity index (χ3v) is 4.85. The van der Waals surface area contributed by atoms with Crippen molar-refractivity contribution in [1.82, 2.24) is 10.3 Å². The van der Waals surface area contributed by atoms with Crippen molar-refractivity contribution in [3.05, 3.63) is 28.7 Å². The largest absolute Gasteiger partial charge is 0.481 e. The van der Waals surface area contributed by atoms with Crippen LogP contribution in [0.15, 0.2) is 23.0 Å². The van der Waals surface area contributed by atoms with Crippen molar-refractivity contribution in [3.63, 3.8) is 0 Å². The fraction of sp³-hybridized carbons (Fsp3) is 0.500. The predicted molar refractivity (Wildman–Crippen MR) is 74.2 cm³/mol. The molecular weight excluding hydrogens is 276 g/mol. The molecule has 0 radical (unpaired) electrons. The number of fused-ring (bicyclic) bond motifs is 2. The number of carbonyl (C=O) groups is 2. The first-order valence-corrected chi connectivity index (χ1v) is 7.67. The van der Waals surface area contributed by atoms with Gasteiger partial charge in [0.25, 0.3) is 0 Å². The molecule has 2 aliphatic carbocycles. The monoisotopic (exact) mass is 292 g/mol. The van der Waals surface area contributed by atoms with Crippen LogP contribution in [0.4, 0.5) is 0 Å². The van der Waals surface area contributed by atoms with E-state index in [0.29, 0.717) is 13.0 Å². The number of carbonyl (C=O) groups excluding carboxylic acids is 1. The topological polar surface area (TPSA) is 79.3 Å². The Morgan fingerprint density at radius 1 is 1.35 bits per heavy atom. The van der Waals surface area contributed by atoms with E-state index in [9.17, 15) is 14.7 Å². The van der Waals surface area contributed by atoms with Gasteiger partial charge in [0.05, 0.1) is 23.0 Å². The molecule has 0 saturated heterocycles. The van der Waals surface area contributed by atoms with Crippen LogP contribution in [0, 0.1) is 23.7 Å². The lowest BCUT2D eigenvalue weighted by molar-refractivity contribution is -0.147. The Hall–Kier alpha value is -1.69. The molecular formula is C14H16N2O3S. The zero-order chi connectivity index (χ0) is 14.1. The molecule has 1 aromatic rings. The van der Waals surface area contributed by atoms with Gasteiger partial charge in [-0.2, -0.15) is 0 Å². The Labute approximate surface area is 120 Å². The summed E-state index contributed by atoms with van der Waals surface area (Å²) < 4.78 is 0. The number of amides is 1. The van der Waals surface area contributed by atoms with Crippen molar-refractivity contribution in [2.75, 3.05) is 6.54 Å². The molecule has 4 unspecified atom stereocenters. The Bertz CT molecular complexity index is 541. The van der Waals surface area contributed by atoms with Crippen LogP contribution in [-0.4, -0.2) is 28.5 Å². The standard InChI is InChI=1S/C14H16N2O3S/c17-13(15-4-3-10-6-20-7-16-10)11-8-1-2-9(5-8)12(11)14(18)19/h1-2,6-9,11-12H,3-5H2,(H,15,17)(H,18,19). The van der Waals surface area contributed by atoms with Gasteiger partial charge in [-0.05, 0) is 18.3 Å². The van der Waals surface area contributed by atoms with Crippen molar-refractivity contribution in [2.45, 2.75) is 12.8 Å². The van der Waals surface area contributed by atoms with Crippen LogP contribution < -0.4 is 5.32 Å². The average Bonchev–Trinajstić information content (AvgIpc) is 3.13. The van der Waals surface area contributed by atoms with Crippen molar-refractivity contribution in [2.24, 2.45) is 23.7 Å². The summed E-state index contributed by atoms with van der Waals surface area (Å²) in [6.07, 6.45) is 5.42. The molecule has 0 spiro atoms. The third-order valence-electron chi connectivity index (χ3n) is 4.21. The molecule has 2 bridgehead atoms. The van der Waals surface area contributed by atoms with E-state index in [2.05, 4.69) is 10.3 Å². The summed E-state index contributed by atoms with van der Waals surface area (Å²) in [5.74, 6) is -1.87. The maximum atomic E-state index is 12.3. The molecule has 1 aromatic heterocycles. The second-order valence-corrected chi connectivity index (χ2v) is 6.08. The van der Waals surface area contributed by atoms with Gasteiger partial charge in [0.2, 0.25) is 5.91 Å². The second-order valence-electron chi connectivity index (χ2n) is 5.36. The molecule has 20 heavy (non-hydrogen) atoms. The molecule has 0 aromatic carbocycles. The summed E-state index contributed by atoms with van der Waals surface area (Å²) in [6.45, 7) is 0.506. The van der Waals surface area contributed by atoms with Gasteiger partial charge >= 0.3 is 5.97 Å². The van der Waals surface area contributed by atoms with Crippen molar-refractivity contribution in [3.8, 4) is 0 Å². The number of aliphatic carboxylic acids is 1. The van der Waals surface area contributed by atoms with Gasteiger partial charge in [0.1, 0.15) is 0 Å². The molecule has 1 saturated carbocycles. The fourth-order valence-corrected chi connectivity index (χ4v) is 3.90. The van der Waals surface area contributed by atoms with Crippen LogP contribution in [0.2, 0.25) is 0 Å². The highest BCUT2D eigenvalue weighted by atomic mass is 32.1. The summed E-state index contributed by atoms with van der Waals surface area (Å²) in [5.41, 5.74) is 2.72.